The van der Waals surface area contributed by atoms with Crippen LogP contribution in [0.5, 0.6) is 5.75 Å². The molecule has 1 aromatic rings. The molecule has 1 aliphatic carbocycles. The number of halogens is 3. The zero-order chi connectivity index (χ0) is 14.4. The van der Waals surface area contributed by atoms with Crippen molar-refractivity contribution in [1.29, 1.82) is 0 Å². The maximum atomic E-state index is 10.7. The summed E-state index contributed by atoms with van der Waals surface area (Å²) in [5.74, 6) is 0.311. The summed E-state index contributed by atoms with van der Waals surface area (Å²) in [6, 6.07) is 2.50. The quantitative estimate of drug-likeness (QED) is 0.435. The van der Waals surface area contributed by atoms with E-state index in [1.165, 1.54) is 12.1 Å². The number of benzene rings is 1. The number of hydrogen-bond acceptors (Lipinski definition) is 3. The molecule has 0 spiro atoms. The van der Waals surface area contributed by atoms with Crippen molar-refractivity contribution in [2.45, 2.75) is 31.2 Å². The average Bonchev–Trinajstić information content (AvgIpc) is 2.31. The van der Waals surface area contributed by atoms with Crippen LogP contribution < -0.4 is 4.74 Å². The molecule has 0 N–H and O–H groups in total. The number of nitro benzene ring substituents is 1. The zero-order valence-corrected chi connectivity index (χ0v) is 13.4. The molecule has 0 bridgehead atoms. The van der Waals surface area contributed by atoms with Crippen LogP contribution >= 0.6 is 39.1 Å². The molecule has 4 nitrogen and oxygen atoms in total. The third kappa shape index (κ3) is 2.69. The average molecular weight is 369 g/mol. The summed E-state index contributed by atoms with van der Waals surface area (Å²) in [4.78, 5) is 10.5. The van der Waals surface area contributed by atoms with Gasteiger partial charge in [0.2, 0.25) is 0 Å². The highest BCUT2D eigenvalue weighted by molar-refractivity contribution is 9.09. The van der Waals surface area contributed by atoms with Crippen molar-refractivity contribution in [2.75, 3.05) is 0 Å². The Morgan fingerprint density at radius 1 is 1.42 bits per heavy atom. The maximum Gasteiger partial charge on any atom is 0.272 e. The van der Waals surface area contributed by atoms with Gasteiger partial charge < -0.3 is 4.74 Å². The van der Waals surface area contributed by atoms with Gasteiger partial charge in [-0.15, -0.1) is 0 Å². The number of nitrogens with zero attached hydrogens (tertiary/aromatic N) is 1. The Morgan fingerprint density at radius 2 is 1.95 bits per heavy atom. The zero-order valence-electron chi connectivity index (χ0n) is 10.3. The van der Waals surface area contributed by atoms with Crippen LogP contribution in [0.3, 0.4) is 0 Å². The Labute approximate surface area is 129 Å². The third-order valence-corrected chi connectivity index (χ3v) is 5.63. The first-order valence-electron chi connectivity index (χ1n) is 5.67. The minimum absolute atomic E-state index is 0.0201. The van der Waals surface area contributed by atoms with Gasteiger partial charge in [0.25, 0.3) is 5.69 Å². The van der Waals surface area contributed by atoms with Gasteiger partial charge in [-0.05, 0) is 6.42 Å². The Morgan fingerprint density at radius 3 is 2.32 bits per heavy atom. The normalized spacial score (nSPS) is 24.7. The third-order valence-electron chi connectivity index (χ3n) is 3.51. The summed E-state index contributed by atoms with van der Waals surface area (Å²) in [6.07, 6.45) is 0.824. The molecule has 1 aromatic carbocycles. The lowest BCUT2D eigenvalue weighted by Gasteiger charge is -2.48. The van der Waals surface area contributed by atoms with E-state index in [-0.39, 0.29) is 27.3 Å². The second kappa shape index (κ2) is 5.11. The fraction of sp³-hybridized carbons (Fsp3) is 0.500. The van der Waals surface area contributed by atoms with Crippen LogP contribution in [0.1, 0.15) is 20.3 Å². The predicted molar refractivity (Wildman–Crippen MR) is 78.6 cm³/mol. The molecule has 0 aliphatic heterocycles. The molecular formula is C12H12BrCl2NO3. The van der Waals surface area contributed by atoms with Gasteiger partial charge in [-0.1, -0.05) is 53.0 Å². The fourth-order valence-electron chi connectivity index (χ4n) is 1.94. The Bertz CT molecular complexity index is 513. The first-order valence-corrected chi connectivity index (χ1v) is 7.34. The molecular weight excluding hydrogens is 357 g/mol. The van der Waals surface area contributed by atoms with Gasteiger partial charge in [-0.25, -0.2) is 0 Å². The topological polar surface area (TPSA) is 52.4 Å². The number of hydrogen-bond donors (Lipinski definition) is 0. The standard InChI is InChI=1S/C12H12BrCl2NO3/c1-12(2)9(13)5-10(12)19-11-7(14)3-6(16(17)18)4-8(11)15/h3-4,9-10H,5H2,1-2H3. The number of rotatable bonds is 3. The molecule has 0 radical (unpaired) electrons. The minimum atomic E-state index is -0.538. The van der Waals surface area contributed by atoms with Crippen LogP contribution in [0.25, 0.3) is 0 Å². The second-order valence-electron chi connectivity index (χ2n) is 5.13. The largest absolute Gasteiger partial charge is 0.487 e. The Kier molecular flexibility index (Phi) is 4.00. The maximum absolute atomic E-state index is 10.7. The molecule has 2 atom stereocenters. The molecule has 2 rings (SSSR count). The lowest BCUT2D eigenvalue weighted by atomic mass is 9.69. The van der Waals surface area contributed by atoms with Gasteiger partial charge in [0, 0.05) is 22.4 Å². The lowest BCUT2D eigenvalue weighted by Crippen LogP contribution is -2.53. The van der Waals surface area contributed by atoms with Crippen molar-refractivity contribution >= 4 is 44.8 Å². The first kappa shape index (κ1) is 14.9. The molecule has 104 valence electrons. The first-order chi connectivity index (χ1) is 8.73. The summed E-state index contributed by atoms with van der Waals surface area (Å²) in [7, 11) is 0. The summed E-state index contributed by atoms with van der Waals surface area (Å²) < 4.78 is 5.82. The van der Waals surface area contributed by atoms with Crippen LogP contribution in [-0.4, -0.2) is 15.9 Å². The summed E-state index contributed by atoms with van der Waals surface area (Å²) in [5.41, 5.74) is -0.178. The fourth-order valence-corrected chi connectivity index (χ4v) is 3.14. The monoisotopic (exact) mass is 367 g/mol. The van der Waals surface area contributed by atoms with Crippen molar-refractivity contribution in [3.63, 3.8) is 0 Å². The Hall–Kier alpha value is -0.520. The van der Waals surface area contributed by atoms with Crippen molar-refractivity contribution in [3.8, 4) is 5.75 Å². The summed E-state index contributed by atoms with van der Waals surface area (Å²) in [5, 5.41) is 11.0. The van der Waals surface area contributed by atoms with Gasteiger partial charge in [0.15, 0.2) is 5.75 Å². The Balaban J connectivity index is 2.25. The van der Waals surface area contributed by atoms with Crippen molar-refractivity contribution in [1.82, 2.24) is 0 Å². The van der Waals surface area contributed by atoms with Crippen LogP contribution in [0.2, 0.25) is 10.0 Å². The number of ether oxygens (including phenoxy) is 1. The number of non-ortho nitro benzene ring substituents is 1. The van der Waals surface area contributed by atoms with E-state index in [1.54, 1.807) is 0 Å². The summed E-state index contributed by atoms with van der Waals surface area (Å²) >= 11 is 15.6. The van der Waals surface area contributed by atoms with Gasteiger partial charge in [0.05, 0.1) is 15.0 Å². The van der Waals surface area contributed by atoms with Crippen LogP contribution in [0.15, 0.2) is 12.1 Å². The molecule has 1 aliphatic rings. The van der Waals surface area contributed by atoms with Crippen LogP contribution in [0.4, 0.5) is 5.69 Å². The highest BCUT2D eigenvalue weighted by Crippen LogP contribution is 2.49. The molecule has 0 saturated heterocycles. The van der Waals surface area contributed by atoms with E-state index in [0.717, 1.165) is 6.42 Å². The molecule has 0 heterocycles. The lowest BCUT2D eigenvalue weighted by molar-refractivity contribution is -0.384. The second-order valence-corrected chi connectivity index (χ2v) is 7.05. The van der Waals surface area contributed by atoms with E-state index in [2.05, 4.69) is 29.8 Å². The van der Waals surface area contributed by atoms with E-state index in [1.807, 2.05) is 0 Å². The van der Waals surface area contributed by atoms with Crippen molar-refractivity contribution < 1.29 is 9.66 Å². The minimum Gasteiger partial charge on any atom is -0.487 e. The molecule has 1 saturated carbocycles. The van der Waals surface area contributed by atoms with E-state index >= 15 is 0 Å². The summed E-state index contributed by atoms with van der Waals surface area (Å²) in [6.45, 7) is 4.15. The SMILES string of the molecule is CC1(C)C(Br)CC1Oc1c(Cl)cc([N+](=O)[O-])cc1Cl. The number of alkyl halides is 1. The van der Waals surface area contributed by atoms with E-state index in [4.69, 9.17) is 27.9 Å². The van der Waals surface area contributed by atoms with Crippen molar-refractivity contribution in [2.24, 2.45) is 5.41 Å². The van der Waals surface area contributed by atoms with Crippen LogP contribution in [0, 0.1) is 15.5 Å². The van der Waals surface area contributed by atoms with E-state index < -0.39 is 4.92 Å². The molecule has 2 unspecified atom stereocenters. The molecule has 0 aromatic heterocycles. The highest BCUT2D eigenvalue weighted by Gasteiger charge is 2.49. The molecule has 19 heavy (non-hydrogen) atoms. The van der Waals surface area contributed by atoms with Crippen LogP contribution in [-0.2, 0) is 0 Å². The van der Waals surface area contributed by atoms with Gasteiger partial charge >= 0.3 is 0 Å². The molecule has 1 fully saturated rings. The number of nitro groups is 1. The van der Waals surface area contributed by atoms with Crippen molar-refractivity contribution in [3.05, 3.63) is 32.3 Å². The van der Waals surface area contributed by atoms with Gasteiger partial charge in [0.1, 0.15) is 6.10 Å². The smallest absolute Gasteiger partial charge is 0.272 e. The van der Waals surface area contributed by atoms with E-state index in [9.17, 15) is 10.1 Å². The molecule has 0 amide bonds. The van der Waals surface area contributed by atoms with E-state index in [0.29, 0.717) is 10.6 Å². The van der Waals surface area contributed by atoms with Gasteiger partial charge in [-0.3, -0.25) is 10.1 Å². The molecule has 7 heteroatoms. The van der Waals surface area contributed by atoms with Gasteiger partial charge in [-0.2, -0.15) is 0 Å². The highest BCUT2D eigenvalue weighted by atomic mass is 79.9. The predicted octanol–water partition coefficient (Wildman–Crippen LogP) is 4.84.